The summed E-state index contributed by atoms with van der Waals surface area (Å²) in [5, 5.41) is 6.35. The predicted molar refractivity (Wildman–Crippen MR) is 107 cm³/mol. The Morgan fingerprint density at radius 3 is 2.50 bits per heavy atom. The molecule has 2 fully saturated rings. The van der Waals surface area contributed by atoms with Gasteiger partial charge in [0.25, 0.3) is 0 Å². The molecule has 2 amide bonds. The number of rotatable bonds is 2. The maximum absolute atomic E-state index is 13.3. The number of nitrogens with zero attached hydrogens (tertiary/aromatic N) is 3. The minimum atomic E-state index is -0.107. The highest BCUT2D eigenvalue weighted by Crippen LogP contribution is 2.42. The molecule has 0 spiro atoms. The molecule has 130 valence electrons. The predicted octanol–water partition coefficient (Wildman–Crippen LogP) is 5.16. The van der Waals surface area contributed by atoms with Gasteiger partial charge >= 0.3 is 6.03 Å². The van der Waals surface area contributed by atoms with Crippen molar-refractivity contribution in [2.75, 3.05) is 18.0 Å². The Labute approximate surface area is 160 Å². The third-order valence-electron chi connectivity index (χ3n) is 5.22. The maximum Gasteiger partial charge on any atom is 0.340 e. The molecular weight excluding hydrogens is 390 g/mol. The summed E-state index contributed by atoms with van der Waals surface area (Å²) in [6, 6.07) is 22.8. The van der Waals surface area contributed by atoms with E-state index < -0.39 is 0 Å². The van der Waals surface area contributed by atoms with Gasteiger partial charge in [-0.15, -0.1) is 0 Å². The number of urea groups is 1. The van der Waals surface area contributed by atoms with Crippen molar-refractivity contribution in [2.24, 2.45) is 0 Å². The fraction of sp³-hybridized carbons (Fsp3) is 0.190. The van der Waals surface area contributed by atoms with Crippen molar-refractivity contribution in [1.29, 1.82) is 0 Å². The number of hydrazine groups is 1. The van der Waals surface area contributed by atoms with E-state index in [4.69, 9.17) is 0 Å². The summed E-state index contributed by atoms with van der Waals surface area (Å²) in [6.07, 6.45) is 0.909. The summed E-state index contributed by atoms with van der Waals surface area (Å²) < 4.78 is 1.04. The first-order chi connectivity index (χ1) is 12.7. The zero-order valence-corrected chi connectivity index (χ0v) is 15.8. The lowest BCUT2D eigenvalue weighted by molar-refractivity contribution is 0.0728. The first-order valence-corrected chi connectivity index (χ1v) is 9.64. The fourth-order valence-electron chi connectivity index (χ4n) is 4.06. The minimum Gasteiger partial charge on any atom is -0.270 e. The van der Waals surface area contributed by atoms with Crippen LogP contribution in [0.4, 0.5) is 10.5 Å². The smallest absolute Gasteiger partial charge is 0.270 e. The van der Waals surface area contributed by atoms with Crippen LogP contribution < -0.4 is 4.90 Å². The number of hydrogen-bond acceptors (Lipinski definition) is 2. The molecule has 2 aliphatic heterocycles. The quantitative estimate of drug-likeness (QED) is 0.586. The van der Waals surface area contributed by atoms with E-state index in [9.17, 15) is 4.79 Å². The van der Waals surface area contributed by atoms with Gasteiger partial charge in [0, 0.05) is 22.9 Å². The van der Waals surface area contributed by atoms with Gasteiger partial charge in [0.15, 0.2) is 0 Å². The SMILES string of the molecule is O=C1N(c2cccc3ccccc23)C(c2ccc(Br)cc2)N2CCCN12. The Balaban J connectivity index is 1.69. The summed E-state index contributed by atoms with van der Waals surface area (Å²) >= 11 is 3.51. The molecule has 5 rings (SSSR count). The standard InChI is InChI=1S/C21H18BrN3O/c22-17-11-9-16(10-12-17)20-23-13-4-14-24(23)21(26)25(20)19-8-3-6-15-5-1-2-7-18(15)19/h1-3,5-12,20H,4,13-14H2. The molecule has 2 aliphatic rings. The molecule has 26 heavy (non-hydrogen) atoms. The van der Waals surface area contributed by atoms with Gasteiger partial charge in [-0.2, -0.15) is 5.01 Å². The van der Waals surface area contributed by atoms with Crippen molar-refractivity contribution < 1.29 is 4.79 Å². The molecule has 0 aliphatic carbocycles. The van der Waals surface area contributed by atoms with Crippen molar-refractivity contribution >= 4 is 38.4 Å². The molecule has 0 aromatic heterocycles. The van der Waals surface area contributed by atoms with Crippen LogP contribution in [0.3, 0.4) is 0 Å². The Hall–Kier alpha value is -2.37. The van der Waals surface area contributed by atoms with Crippen LogP contribution in [0, 0.1) is 0 Å². The second-order valence-corrected chi connectivity index (χ2v) is 7.63. The second kappa shape index (κ2) is 6.11. The van der Waals surface area contributed by atoms with Gasteiger partial charge in [-0.25, -0.2) is 4.79 Å². The summed E-state index contributed by atoms with van der Waals surface area (Å²) in [5.41, 5.74) is 2.09. The number of hydrogen-bond donors (Lipinski definition) is 0. The highest BCUT2D eigenvalue weighted by molar-refractivity contribution is 9.10. The van der Waals surface area contributed by atoms with E-state index in [1.165, 1.54) is 0 Å². The molecule has 1 unspecified atom stereocenters. The van der Waals surface area contributed by atoms with Crippen LogP contribution in [0.1, 0.15) is 18.2 Å². The van der Waals surface area contributed by atoms with Crippen LogP contribution in [-0.2, 0) is 0 Å². The molecule has 0 saturated carbocycles. The summed E-state index contributed by atoms with van der Waals surface area (Å²) in [7, 11) is 0. The molecular formula is C21H18BrN3O. The second-order valence-electron chi connectivity index (χ2n) is 6.72. The topological polar surface area (TPSA) is 26.8 Å². The van der Waals surface area contributed by atoms with E-state index in [1.807, 2.05) is 40.2 Å². The number of anilines is 1. The van der Waals surface area contributed by atoms with Crippen molar-refractivity contribution in [1.82, 2.24) is 10.0 Å². The average molecular weight is 408 g/mol. The maximum atomic E-state index is 13.3. The molecule has 4 nitrogen and oxygen atoms in total. The van der Waals surface area contributed by atoms with Gasteiger partial charge in [0.1, 0.15) is 6.17 Å². The molecule has 1 atom stereocenters. The zero-order valence-electron chi connectivity index (χ0n) is 14.2. The normalized spacial score (nSPS) is 20.2. The van der Waals surface area contributed by atoms with Crippen molar-refractivity contribution in [3.63, 3.8) is 0 Å². The molecule has 0 bridgehead atoms. The van der Waals surface area contributed by atoms with E-state index in [2.05, 4.69) is 57.3 Å². The highest BCUT2D eigenvalue weighted by atomic mass is 79.9. The third-order valence-corrected chi connectivity index (χ3v) is 5.74. The molecule has 5 heteroatoms. The van der Waals surface area contributed by atoms with E-state index in [0.717, 1.165) is 46.0 Å². The Morgan fingerprint density at radius 1 is 0.885 bits per heavy atom. The van der Waals surface area contributed by atoms with Crippen LogP contribution in [-0.4, -0.2) is 29.1 Å². The Bertz CT molecular complexity index is 983. The molecule has 3 aromatic carbocycles. The number of benzene rings is 3. The van der Waals surface area contributed by atoms with Gasteiger partial charge < -0.3 is 0 Å². The van der Waals surface area contributed by atoms with E-state index in [0.29, 0.717) is 0 Å². The highest BCUT2D eigenvalue weighted by Gasteiger charge is 2.48. The Morgan fingerprint density at radius 2 is 1.65 bits per heavy atom. The van der Waals surface area contributed by atoms with Gasteiger partial charge in [-0.3, -0.25) is 9.91 Å². The number of amides is 2. The van der Waals surface area contributed by atoms with E-state index >= 15 is 0 Å². The van der Waals surface area contributed by atoms with Gasteiger partial charge in [0.05, 0.1) is 5.69 Å². The van der Waals surface area contributed by atoms with Gasteiger partial charge in [-0.1, -0.05) is 64.5 Å². The summed E-state index contributed by atoms with van der Waals surface area (Å²) in [4.78, 5) is 15.2. The van der Waals surface area contributed by atoms with Crippen LogP contribution in [0.15, 0.2) is 71.2 Å². The van der Waals surface area contributed by atoms with Crippen LogP contribution >= 0.6 is 15.9 Å². The monoisotopic (exact) mass is 407 g/mol. The molecule has 2 saturated heterocycles. The number of carbonyl (C=O) groups excluding carboxylic acids is 1. The lowest BCUT2D eigenvalue weighted by Gasteiger charge is -2.28. The lowest BCUT2D eigenvalue weighted by atomic mass is 10.1. The number of fused-ring (bicyclic) bond motifs is 2. The van der Waals surface area contributed by atoms with Crippen LogP contribution in [0.5, 0.6) is 0 Å². The van der Waals surface area contributed by atoms with Crippen molar-refractivity contribution in [3.8, 4) is 0 Å². The summed E-state index contributed by atoms with van der Waals surface area (Å²) in [6.45, 7) is 1.68. The molecule has 3 aromatic rings. The largest absolute Gasteiger partial charge is 0.340 e. The summed E-state index contributed by atoms with van der Waals surface area (Å²) in [5.74, 6) is 0. The number of halogens is 1. The Kier molecular flexibility index (Phi) is 3.72. The number of carbonyl (C=O) groups is 1. The first-order valence-electron chi connectivity index (χ1n) is 8.84. The van der Waals surface area contributed by atoms with E-state index in [1.54, 1.807) is 0 Å². The fourth-order valence-corrected chi connectivity index (χ4v) is 4.33. The molecule has 2 heterocycles. The van der Waals surface area contributed by atoms with Crippen molar-refractivity contribution in [3.05, 3.63) is 76.8 Å². The van der Waals surface area contributed by atoms with Gasteiger partial charge in [-0.05, 0) is 35.6 Å². The molecule has 0 N–H and O–H groups in total. The average Bonchev–Trinajstić information content (AvgIpc) is 3.24. The minimum absolute atomic E-state index is 0.0618. The lowest BCUT2D eigenvalue weighted by Crippen LogP contribution is -2.32. The molecule has 0 radical (unpaired) electrons. The first kappa shape index (κ1) is 15.9. The van der Waals surface area contributed by atoms with Crippen LogP contribution in [0.25, 0.3) is 10.8 Å². The van der Waals surface area contributed by atoms with Crippen molar-refractivity contribution in [2.45, 2.75) is 12.6 Å². The van der Waals surface area contributed by atoms with Crippen LogP contribution in [0.2, 0.25) is 0 Å². The zero-order chi connectivity index (χ0) is 17.7. The van der Waals surface area contributed by atoms with E-state index in [-0.39, 0.29) is 12.2 Å². The third kappa shape index (κ3) is 2.35. The van der Waals surface area contributed by atoms with Gasteiger partial charge in [0.2, 0.25) is 0 Å².